The molecule has 154 valence electrons. The maximum Gasteiger partial charge on any atom is 0.224 e. The minimum absolute atomic E-state index is 0.0183. The van der Waals surface area contributed by atoms with Crippen LogP contribution in [-0.2, 0) is 4.74 Å². The van der Waals surface area contributed by atoms with E-state index in [1.165, 1.54) is 0 Å². The molecule has 0 radical (unpaired) electrons. The molecule has 8 heteroatoms. The van der Waals surface area contributed by atoms with Crippen molar-refractivity contribution in [2.45, 2.75) is 0 Å². The maximum atomic E-state index is 12.6. The summed E-state index contributed by atoms with van der Waals surface area (Å²) in [6, 6.07) is 16.6. The molecule has 1 aliphatic rings. The number of anilines is 2. The summed E-state index contributed by atoms with van der Waals surface area (Å²) in [7, 11) is 0. The summed E-state index contributed by atoms with van der Waals surface area (Å²) in [5.74, 6) is 0.811. The molecule has 2 aromatic heterocycles. The average molecular weight is 412 g/mol. The van der Waals surface area contributed by atoms with Crippen molar-refractivity contribution in [3.8, 4) is 11.3 Å². The summed E-state index contributed by atoms with van der Waals surface area (Å²) < 4.78 is 5.44. The second-order valence-electron chi connectivity index (χ2n) is 7.20. The number of carbonyl (C=O) groups is 1. The Balaban J connectivity index is 1.50. The third-order valence-electron chi connectivity index (χ3n) is 5.20. The Morgan fingerprint density at radius 2 is 1.61 bits per heavy atom. The van der Waals surface area contributed by atoms with Gasteiger partial charge < -0.3 is 15.4 Å². The van der Waals surface area contributed by atoms with Gasteiger partial charge in [0.15, 0.2) is 22.8 Å². The molecule has 4 aromatic rings. The number of hydrogen-bond donors (Lipinski definition) is 1. The van der Waals surface area contributed by atoms with Crippen LogP contribution in [0, 0.1) is 0 Å². The summed E-state index contributed by atoms with van der Waals surface area (Å²) in [4.78, 5) is 32.6. The number of morpholine rings is 1. The highest BCUT2D eigenvalue weighted by Crippen LogP contribution is 2.26. The van der Waals surface area contributed by atoms with E-state index in [0.29, 0.717) is 60.1 Å². The fourth-order valence-corrected chi connectivity index (χ4v) is 3.59. The van der Waals surface area contributed by atoms with Crippen molar-refractivity contribution >= 4 is 28.7 Å². The Morgan fingerprint density at radius 1 is 0.903 bits per heavy atom. The predicted molar refractivity (Wildman–Crippen MR) is 118 cm³/mol. The first-order valence-electron chi connectivity index (χ1n) is 10.0. The largest absolute Gasteiger partial charge is 0.378 e. The highest BCUT2D eigenvalue weighted by molar-refractivity contribution is 6.09. The Hall–Kier alpha value is -3.91. The molecule has 0 spiro atoms. The first-order chi connectivity index (χ1) is 15.2. The SMILES string of the molecule is Nc1nc(N2CCOCC2)c2nc(-c3ccc(C(=O)c4ccccc4)cc3)cnc2n1. The highest BCUT2D eigenvalue weighted by Gasteiger charge is 2.19. The molecule has 0 amide bonds. The van der Waals surface area contributed by atoms with E-state index >= 15 is 0 Å². The van der Waals surface area contributed by atoms with Gasteiger partial charge in [-0.25, -0.2) is 9.97 Å². The highest BCUT2D eigenvalue weighted by atomic mass is 16.5. The Bertz CT molecular complexity index is 1240. The molecule has 0 atom stereocenters. The molecule has 31 heavy (non-hydrogen) atoms. The molecule has 1 aliphatic heterocycles. The number of ether oxygens (including phenoxy) is 1. The van der Waals surface area contributed by atoms with Gasteiger partial charge in [-0.3, -0.25) is 4.79 Å². The zero-order valence-electron chi connectivity index (χ0n) is 16.7. The van der Waals surface area contributed by atoms with Crippen LogP contribution in [0.15, 0.2) is 60.8 Å². The number of nitrogens with zero attached hydrogens (tertiary/aromatic N) is 5. The van der Waals surface area contributed by atoms with E-state index in [1.807, 2.05) is 42.5 Å². The van der Waals surface area contributed by atoms with Crippen LogP contribution >= 0.6 is 0 Å². The van der Waals surface area contributed by atoms with Crippen molar-refractivity contribution < 1.29 is 9.53 Å². The van der Waals surface area contributed by atoms with Crippen LogP contribution in [0.1, 0.15) is 15.9 Å². The second-order valence-corrected chi connectivity index (χ2v) is 7.20. The lowest BCUT2D eigenvalue weighted by Crippen LogP contribution is -2.37. The maximum absolute atomic E-state index is 12.6. The minimum Gasteiger partial charge on any atom is -0.378 e. The lowest BCUT2D eigenvalue weighted by Gasteiger charge is -2.28. The molecule has 0 unspecified atom stereocenters. The minimum atomic E-state index is -0.0183. The van der Waals surface area contributed by atoms with Gasteiger partial charge in [0.05, 0.1) is 25.1 Å². The molecule has 3 heterocycles. The molecular weight excluding hydrogens is 392 g/mol. The summed E-state index contributed by atoms with van der Waals surface area (Å²) >= 11 is 0. The summed E-state index contributed by atoms with van der Waals surface area (Å²) in [5.41, 5.74) is 9.74. The van der Waals surface area contributed by atoms with Crippen LogP contribution in [0.25, 0.3) is 22.4 Å². The van der Waals surface area contributed by atoms with Gasteiger partial charge in [-0.2, -0.15) is 9.97 Å². The van der Waals surface area contributed by atoms with E-state index in [2.05, 4.69) is 19.9 Å². The number of benzene rings is 2. The first kappa shape index (κ1) is 19.1. The van der Waals surface area contributed by atoms with Crippen molar-refractivity contribution in [2.75, 3.05) is 36.9 Å². The summed E-state index contributed by atoms with van der Waals surface area (Å²) in [6.07, 6.45) is 1.66. The number of ketones is 1. The summed E-state index contributed by atoms with van der Waals surface area (Å²) in [6.45, 7) is 2.65. The molecule has 1 fully saturated rings. The van der Waals surface area contributed by atoms with Crippen LogP contribution in [0.4, 0.5) is 11.8 Å². The van der Waals surface area contributed by atoms with E-state index in [0.717, 1.165) is 5.56 Å². The number of fused-ring (bicyclic) bond motifs is 1. The van der Waals surface area contributed by atoms with Gasteiger partial charge in [0.2, 0.25) is 5.95 Å². The van der Waals surface area contributed by atoms with Crippen molar-refractivity contribution in [1.29, 1.82) is 0 Å². The van der Waals surface area contributed by atoms with Crippen molar-refractivity contribution in [2.24, 2.45) is 0 Å². The van der Waals surface area contributed by atoms with Gasteiger partial charge in [-0.1, -0.05) is 54.6 Å². The number of carbonyl (C=O) groups excluding carboxylic acids is 1. The molecule has 0 bridgehead atoms. The number of nitrogen functional groups attached to an aromatic ring is 1. The fraction of sp³-hybridized carbons (Fsp3) is 0.174. The van der Waals surface area contributed by atoms with E-state index in [4.69, 9.17) is 15.5 Å². The second kappa shape index (κ2) is 8.08. The van der Waals surface area contributed by atoms with Crippen molar-refractivity contribution in [1.82, 2.24) is 19.9 Å². The van der Waals surface area contributed by atoms with Gasteiger partial charge in [0.25, 0.3) is 0 Å². The van der Waals surface area contributed by atoms with Gasteiger partial charge in [-0.05, 0) is 0 Å². The molecule has 0 aliphatic carbocycles. The van der Waals surface area contributed by atoms with Gasteiger partial charge in [0, 0.05) is 29.8 Å². The first-order valence-corrected chi connectivity index (χ1v) is 10.0. The normalized spacial score (nSPS) is 14.0. The molecule has 2 N–H and O–H groups in total. The molecular formula is C23H20N6O2. The zero-order valence-corrected chi connectivity index (χ0v) is 16.7. The van der Waals surface area contributed by atoms with Crippen LogP contribution < -0.4 is 10.6 Å². The van der Waals surface area contributed by atoms with Crippen molar-refractivity contribution in [3.05, 3.63) is 71.9 Å². The van der Waals surface area contributed by atoms with E-state index in [1.54, 1.807) is 18.3 Å². The van der Waals surface area contributed by atoms with E-state index in [9.17, 15) is 4.79 Å². The summed E-state index contributed by atoms with van der Waals surface area (Å²) in [5, 5.41) is 0. The average Bonchev–Trinajstić information content (AvgIpc) is 2.84. The van der Waals surface area contributed by atoms with Crippen LogP contribution in [0.3, 0.4) is 0 Å². The Morgan fingerprint density at radius 3 is 2.35 bits per heavy atom. The van der Waals surface area contributed by atoms with E-state index in [-0.39, 0.29) is 11.7 Å². The van der Waals surface area contributed by atoms with Gasteiger partial charge in [-0.15, -0.1) is 0 Å². The van der Waals surface area contributed by atoms with Crippen LogP contribution in [0.5, 0.6) is 0 Å². The lowest BCUT2D eigenvalue weighted by molar-refractivity contribution is 0.103. The molecule has 8 nitrogen and oxygen atoms in total. The zero-order chi connectivity index (χ0) is 21.2. The fourth-order valence-electron chi connectivity index (χ4n) is 3.59. The third kappa shape index (κ3) is 3.80. The number of rotatable bonds is 4. The predicted octanol–water partition coefficient (Wildman–Crippen LogP) is 2.74. The quantitative estimate of drug-likeness (QED) is 0.510. The third-order valence-corrected chi connectivity index (χ3v) is 5.20. The number of nitrogens with two attached hydrogens (primary N) is 1. The Labute approximate surface area is 178 Å². The Kier molecular flexibility index (Phi) is 4.97. The smallest absolute Gasteiger partial charge is 0.224 e. The van der Waals surface area contributed by atoms with Crippen LogP contribution in [0.2, 0.25) is 0 Å². The number of hydrogen-bond acceptors (Lipinski definition) is 8. The number of aromatic nitrogens is 4. The standard InChI is InChI=1S/C23H20N6O2/c24-23-27-21-19(22(28-23)29-10-12-31-13-11-29)26-18(14-25-21)15-6-8-17(9-7-15)20(30)16-4-2-1-3-5-16/h1-9,14H,10-13H2,(H2,24,25,27,28). The molecule has 5 rings (SSSR count). The molecule has 2 aromatic carbocycles. The lowest BCUT2D eigenvalue weighted by atomic mass is 10.0. The molecule has 0 saturated carbocycles. The van der Waals surface area contributed by atoms with Crippen LogP contribution in [-0.4, -0.2) is 52.0 Å². The van der Waals surface area contributed by atoms with E-state index < -0.39 is 0 Å². The molecule has 1 saturated heterocycles. The monoisotopic (exact) mass is 412 g/mol. The van der Waals surface area contributed by atoms with Gasteiger partial charge >= 0.3 is 0 Å². The van der Waals surface area contributed by atoms with Crippen molar-refractivity contribution in [3.63, 3.8) is 0 Å². The van der Waals surface area contributed by atoms with Gasteiger partial charge in [0.1, 0.15) is 0 Å². The topological polar surface area (TPSA) is 107 Å².